The van der Waals surface area contributed by atoms with Gasteiger partial charge in [-0.25, -0.2) is 17.9 Å². The maximum atomic E-state index is 12.6. The van der Waals surface area contributed by atoms with Gasteiger partial charge in [-0.1, -0.05) is 0 Å². The first-order valence-corrected chi connectivity index (χ1v) is 11.1. The lowest BCUT2D eigenvalue weighted by Gasteiger charge is -2.28. The minimum atomic E-state index is -3.30. The summed E-state index contributed by atoms with van der Waals surface area (Å²) in [6.07, 6.45) is 2.52. The van der Waals surface area contributed by atoms with Crippen LogP contribution in [0.1, 0.15) is 45.1 Å². The van der Waals surface area contributed by atoms with Crippen molar-refractivity contribution in [2.75, 3.05) is 5.32 Å². The van der Waals surface area contributed by atoms with E-state index in [9.17, 15) is 18.0 Å². The Morgan fingerprint density at radius 1 is 1.14 bits per heavy atom. The Kier molecular flexibility index (Phi) is 5.90. The average Bonchev–Trinajstić information content (AvgIpc) is 2.61. The number of hydrogen-bond donors (Lipinski definition) is 2. The highest BCUT2D eigenvalue weighted by Crippen LogP contribution is 2.27. The third kappa shape index (κ3) is 4.62. The fourth-order valence-electron chi connectivity index (χ4n) is 3.49. The Morgan fingerprint density at radius 3 is 2.46 bits per heavy atom. The standard InChI is InChI=1S/C20H26N2O5S/c1-12(2)28(25,26)22-15-6-4-14(5-7-15)20(24)21-16-8-9-17-13(3)10-19(23)27-18(17)11-16/h8-12,14-15,22H,4-7H2,1-3H3,(H,21,24). The molecule has 1 aliphatic rings. The predicted molar refractivity (Wildman–Crippen MR) is 109 cm³/mol. The largest absolute Gasteiger partial charge is 0.423 e. The zero-order valence-corrected chi connectivity index (χ0v) is 17.1. The second-order valence-electron chi connectivity index (χ2n) is 7.71. The van der Waals surface area contributed by atoms with E-state index in [1.807, 2.05) is 13.0 Å². The number of fused-ring (bicyclic) bond motifs is 1. The molecule has 0 unspecified atom stereocenters. The third-order valence-electron chi connectivity index (χ3n) is 5.27. The van der Waals surface area contributed by atoms with E-state index < -0.39 is 20.9 Å². The first-order valence-electron chi connectivity index (χ1n) is 9.52. The van der Waals surface area contributed by atoms with Crippen molar-refractivity contribution in [3.63, 3.8) is 0 Å². The number of rotatable bonds is 5. The number of amides is 1. The van der Waals surface area contributed by atoms with Crippen LogP contribution in [-0.4, -0.2) is 25.6 Å². The van der Waals surface area contributed by atoms with Crippen LogP contribution in [0.15, 0.2) is 33.5 Å². The molecule has 0 aliphatic heterocycles. The van der Waals surface area contributed by atoms with Crippen molar-refractivity contribution in [3.8, 4) is 0 Å². The molecule has 1 saturated carbocycles. The van der Waals surface area contributed by atoms with Crippen LogP contribution in [0.25, 0.3) is 11.0 Å². The topological polar surface area (TPSA) is 105 Å². The van der Waals surface area contributed by atoms with E-state index in [0.29, 0.717) is 37.0 Å². The first kappa shape index (κ1) is 20.5. The fourth-order valence-corrected chi connectivity index (χ4v) is 4.46. The molecule has 1 aliphatic carbocycles. The van der Waals surface area contributed by atoms with Gasteiger partial charge in [0.05, 0.1) is 5.25 Å². The van der Waals surface area contributed by atoms with Gasteiger partial charge in [-0.3, -0.25) is 4.79 Å². The first-order chi connectivity index (χ1) is 13.2. The van der Waals surface area contributed by atoms with Crippen molar-refractivity contribution in [3.05, 3.63) is 40.2 Å². The second-order valence-corrected chi connectivity index (χ2v) is 9.98. The normalized spacial score (nSPS) is 20.4. The van der Waals surface area contributed by atoms with Crippen LogP contribution >= 0.6 is 0 Å². The minimum absolute atomic E-state index is 0.0977. The Balaban J connectivity index is 1.62. The Labute approximate surface area is 164 Å². The summed E-state index contributed by atoms with van der Waals surface area (Å²) >= 11 is 0. The molecule has 28 heavy (non-hydrogen) atoms. The summed E-state index contributed by atoms with van der Waals surface area (Å²) in [4.78, 5) is 24.1. The molecule has 1 fully saturated rings. The average molecular weight is 407 g/mol. The number of benzene rings is 1. The van der Waals surface area contributed by atoms with E-state index in [4.69, 9.17) is 4.42 Å². The van der Waals surface area contributed by atoms with Gasteiger partial charge in [-0.05, 0) is 64.2 Å². The maximum absolute atomic E-state index is 12.6. The van der Waals surface area contributed by atoms with E-state index in [1.165, 1.54) is 6.07 Å². The van der Waals surface area contributed by atoms with Crippen LogP contribution in [0, 0.1) is 12.8 Å². The van der Waals surface area contributed by atoms with Gasteiger partial charge in [0.2, 0.25) is 15.9 Å². The van der Waals surface area contributed by atoms with Crippen molar-refractivity contribution in [1.82, 2.24) is 4.72 Å². The number of carbonyl (C=O) groups is 1. The van der Waals surface area contributed by atoms with Gasteiger partial charge in [0, 0.05) is 35.2 Å². The van der Waals surface area contributed by atoms with Crippen molar-refractivity contribution in [2.45, 2.75) is 57.7 Å². The zero-order valence-electron chi connectivity index (χ0n) is 16.3. The zero-order chi connectivity index (χ0) is 20.5. The van der Waals surface area contributed by atoms with Crippen LogP contribution in [0.5, 0.6) is 0 Å². The quantitative estimate of drug-likeness (QED) is 0.743. The predicted octanol–water partition coefficient (Wildman–Crippen LogP) is 2.93. The molecule has 0 atom stereocenters. The number of nitrogens with one attached hydrogen (secondary N) is 2. The Bertz CT molecular complexity index is 1030. The van der Waals surface area contributed by atoms with E-state index >= 15 is 0 Å². The van der Waals surface area contributed by atoms with Gasteiger partial charge in [-0.2, -0.15) is 0 Å². The highest BCUT2D eigenvalue weighted by atomic mass is 32.2. The minimum Gasteiger partial charge on any atom is -0.423 e. The van der Waals surface area contributed by atoms with Crippen LogP contribution in [-0.2, 0) is 14.8 Å². The Morgan fingerprint density at radius 2 is 1.82 bits per heavy atom. The smallest absolute Gasteiger partial charge is 0.336 e. The van der Waals surface area contributed by atoms with Crippen LogP contribution in [0.3, 0.4) is 0 Å². The van der Waals surface area contributed by atoms with Crippen LogP contribution in [0.2, 0.25) is 0 Å². The lowest BCUT2D eigenvalue weighted by atomic mass is 9.86. The molecule has 0 spiro atoms. The van der Waals surface area contributed by atoms with Crippen LogP contribution < -0.4 is 15.7 Å². The molecule has 0 radical (unpaired) electrons. The molecule has 2 aromatic rings. The van der Waals surface area contributed by atoms with Gasteiger partial charge >= 0.3 is 5.63 Å². The summed E-state index contributed by atoms with van der Waals surface area (Å²) in [5, 5.41) is 3.25. The summed E-state index contributed by atoms with van der Waals surface area (Å²) < 4.78 is 31.9. The second kappa shape index (κ2) is 8.05. The van der Waals surface area contributed by atoms with Gasteiger partial charge in [0.1, 0.15) is 5.58 Å². The molecule has 1 aromatic carbocycles. The molecular weight excluding hydrogens is 380 g/mol. The number of carbonyl (C=O) groups excluding carboxylic acids is 1. The molecule has 3 rings (SSSR count). The third-order valence-corrected chi connectivity index (χ3v) is 7.17. The van der Waals surface area contributed by atoms with Crippen molar-refractivity contribution in [2.24, 2.45) is 5.92 Å². The van der Waals surface area contributed by atoms with Gasteiger partial charge < -0.3 is 9.73 Å². The summed E-state index contributed by atoms with van der Waals surface area (Å²) in [7, 11) is -3.30. The lowest BCUT2D eigenvalue weighted by Crippen LogP contribution is -2.42. The molecule has 1 heterocycles. The van der Waals surface area contributed by atoms with Crippen molar-refractivity contribution in [1.29, 1.82) is 0 Å². The Hall–Kier alpha value is -2.19. The van der Waals surface area contributed by atoms with Crippen molar-refractivity contribution >= 4 is 32.6 Å². The fraction of sp³-hybridized carbons (Fsp3) is 0.500. The molecule has 0 bridgehead atoms. The molecule has 1 aromatic heterocycles. The molecule has 8 heteroatoms. The van der Waals surface area contributed by atoms with Crippen LogP contribution in [0.4, 0.5) is 5.69 Å². The van der Waals surface area contributed by atoms with E-state index in [2.05, 4.69) is 10.0 Å². The van der Waals surface area contributed by atoms with E-state index in [0.717, 1.165) is 10.9 Å². The number of hydrogen-bond acceptors (Lipinski definition) is 5. The van der Waals surface area contributed by atoms with Gasteiger partial charge in [-0.15, -0.1) is 0 Å². The monoisotopic (exact) mass is 406 g/mol. The highest BCUT2D eigenvalue weighted by molar-refractivity contribution is 7.90. The molecular formula is C20H26N2O5S. The number of sulfonamides is 1. The summed E-state index contributed by atoms with van der Waals surface area (Å²) in [5.74, 6) is -0.264. The van der Waals surface area contributed by atoms with E-state index in [1.54, 1.807) is 26.0 Å². The maximum Gasteiger partial charge on any atom is 0.336 e. The molecule has 7 nitrogen and oxygen atoms in total. The summed E-state index contributed by atoms with van der Waals surface area (Å²) in [6, 6.07) is 6.59. The molecule has 1 amide bonds. The van der Waals surface area contributed by atoms with Gasteiger partial charge in [0.25, 0.3) is 0 Å². The molecule has 152 valence electrons. The SMILES string of the molecule is Cc1cc(=O)oc2cc(NC(=O)C3CCC(NS(=O)(=O)C(C)C)CC3)ccc12. The molecule has 0 saturated heterocycles. The number of aryl methyl sites for hydroxylation is 1. The summed E-state index contributed by atoms with van der Waals surface area (Å²) in [6.45, 7) is 5.13. The lowest BCUT2D eigenvalue weighted by molar-refractivity contribution is -0.120. The summed E-state index contributed by atoms with van der Waals surface area (Å²) in [5.41, 5.74) is 1.42. The highest BCUT2D eigenvalue weighted by Gasteiger charge is 2.29. The van der Waals surface area contributed by atoms with Gasteiger partial charge in [0.15, 0.2) is 0 Å². The number of anilines is 1. The molecule has 2 N–H and O–H groups in total. The van der Waals surface area contributed by atoms with E-state index in [-0.39, 0.29) is 17.9 Å². The van der Waals surface area contributed by atoms with Crippen molar-refractivity contribution < 1.29 is 17.6 Å².